The van der Waals surface area contributed by atoms with Gasteiger partial charge in [-0.1, -0.05) is 17.7 Å². The van der Waals surface area contributed by atoms with Crippen LogP contribution in [0.2, 0.25) is 5.02 Å². The molecule has 0 saturated carbocycles. The lowest BCUT2D eigenvalue weighted by atomic mass is 10.3. The maximum atomic E-state index is 12.5. The molecule has 2 N–H and O–H groups in total. The molecule has 0 aliphatic carbocycles. The molecule has 0 unspecified atom stereocenters. The number of halogens is 1. The molecule has 0 aliphatic heterocycles. The summed E-state index contributed by atoms with van der Waals surface area (Å²) < 4.78 is 33.0. The van der Waals surface area contributed by atoms with Crippen LogP contribution in [0.5, 0.6) is 5.75 Å². The van der Waals surface area contributed by atoms with E-state index in [1.807, 2.05) is 0 Å². The predicted octanol–water partition coefficient (Wildman–Crippen LogP) is 2.50. The number of nitrogens with zero attached hydrogens (tertiary/aromatic N) is 1. The number of benzene rings is 2. The fourth-order valence-electron chi connectivity index (χ4n) is 2.57. The summed E-state index contributed by atoms with van der Waals surface area (Å²) in [6.07, 6.45) is 0. The molecule has 0 aliphatic rings. The number of hydrogen-bond donors (Lipinski definition) is 2. The first-order valence-corrected chi connectivity index (χ1v) is 11.0. The lowest BCUT2D eigenvalue weighted by molar-refractivity contribution is -0.131. The fraction of sp³-hybridized carbons (Fsp3) is 0.300. The highest BCUT2D eigenvalue weighted by atomic mass is 35.5. The standard InChI is InChI=1S/C20H24ClN3O5S/c1-14(20(26)24(3)11-12-29-18-6-4-5-16(21)13-18)23-30(27,28)19-9-7-17(8-10-19)22-15(2)25/h4-10,13-14,23H,11-12H2,1-3H3,(H,22,25)/t14-/m0/s1. The van der Waals surface area contributed by atoms with Gasteiger partial charge >= 0.3 is 0 Å². The van der Waals surface area contributed by atoms with Crippen molar-refractivity contribution in [3.05, 3.63) is 53.6 Å². The average Bonchev–Trinajstić information content (AvgIpc) is 2.67. The van der Waals surface area contributed by atoms with E-state index in [1.54, 1.807) is 31.3 Å². The van der Waals surface area contributed by atoms with Crippen molar-refractivity contribution < 1.29 is 22.7 Å². The monoisotopic (exact) mass is 453 g/mol. The maximum absolute atomic E-state index is 12.5. The van der Waals surface area contributed by atoms with E-state index in [-0.39, 0.29) is 24.0 Å². The molecule has 0 aromatic heterocycles. The molecule has 8 nitrogen and oxygen atoms in total. The van der Waals surface area contributed by atoms with Crippen LogP contribution in [0.1, 0.15) is 13.8 Å². The van der Waals surface area contributed by atoms with Crippen molar-refractivity contribution in [1.82, 2.24) is 9.62 Å². The van der Waals surface area contributed by atoms with E-state index in [2.05, 4.69) is 10.0 Å². The Hall–Kier alpha value is -2.62. The average molecular weight is 454 g/mol. The summed E-state index contributed by atoms with van der Waals surface area (Å²) in [6.45, 7) is 3.32. The van der Waals surface area contributed by atoms with Crippen molar-refractivity contribution in [2.45, 2.75) is 24.8 Å². The molecule has 2 amide bonds. The first-order valence-electron chi connectivity index (χ1n) is 9.12. The Kier molecular flexibility index (Phi) is 8.22. The Balaban J connectivity index is 1.90. The quantitative estimate of drug-likeness (QED) is 0.607. The molecule has 1 atom stereocenters. The molecule has 162 valence electrons. The van der Waals surface area contributed by atoms with Crippen molar-refractivity contribution in [3.8, 4) is 5.75 Å². The molecule has 2 aromatic carbocycles. The molecule has 0 fully saturated rings. The van der Waals surface area contributed by atoms with Gasteiger partial charge in [0.15, 0.2) is 0 Å². The Morgan fingerprint density at radius 1 is 1.17 bits per heavy atom. The van der Waals surface area contributed by atoms with Gasteiger partial charge < -0.3 is 15.0 Å². The second kappa shape index (κ2) is 10.4. The van der Waals surface area contributed by atoms with Crippen LogP contribution in [0.25, 0.3) is 0 Å². The van der Waals surface area contributed by atoms with Gasteiger partial charge in [-0.3, -0.25) is 9.59 Å². The number of carbonyl (C=O) groups excluding carboxylic acids is 2. The summed E-state index contributed by atoms with van der Waals surface area (Å²) in [6, 6.07) is 11.6. The third kappa shape index (κ3) is 7.01. The minimum atomic E-state index is -3.91. The number of rotatable bonds is 9. The molecule has 10 heteroatoms. The van der Waals surface area contributed by atoms with Crippen molar-refractivity contribution in [3.63, 3.8) is 0 Å². The fourth-order valence-corrected chi connectivity index (χ4v) is 3.95. The Morgan fingerprint density at radius 2 is 1.83 bits per heavy atom. The first kappa shape index (κ1) is 23.7. The van der Waals surface area contributed by atoms with Gasteiger partial charge in [-0.2, -0.15) is 4.72 Å². The number of carbonyl (C=O) groups is 2. The van der Waals surface area contributed by atoms with Crippen LogP contribution in [0.3, 0.4) is 0 Å². The molecule has 0 saturated heterocycles. The van der Waals surface area contributed by atoms with Crippen LogP contribution in [-0.2, 0) is 19.6 Å². The van der Waals surface area contributed by atoms with E-state index in [1.165, 1.54) is 43.0 Å². The second-order valence-corrected chi connectivity index (χ2v) is 8.76. The van der Waals surface area contributed by atoms with Crippen LogP contribution in [0.15, 0.2) is 53.4 Å². The summed E-state index contributed by atoms with van der Waals surface area (Å²) >= 11 is 5.89. The highest BCUT2D eigenvalue weighted by molar-refractivity contribution is 7.89. The van der Waals surface area contributed by atoms with Crippen LogP contribution in [0, 0.1) is 0 Å². The highest BCUT2D eigenvalue weighted by Gasteiger charge is 2.24. The smallest absolute Gasteiger partial charge is 0.241 e. The normalized spacial score (nSPS) is 12.1. The molecule has 0 radical (unpaired) electrons. The Morgan fingerprint density at radius 3 is 2.43 bits per heavy atom. The van der Waals surface area contributed by atoms with E-state index < -0.39 is 22.0 Å². The van der Waals surface area contributed by atoms with Gasteiger partial charge in [-0.25, -0.2) is 8.42 Å². The third-order valence-electron chi connectivity index (χ3n) is 4.06. The lowest BCUT2D eigenvalue weighted by Crippen LogP contribution is -2.46. The molecule has 0 bridgehead atoms. The summed E-state index contributed by atoms with van der Waals surface area (Å²) in [5, 5.41) is 3.10. The van der Waals surface area contributed by atoms with Gasteiger partial charge in [0, 0.05) is 24.7 Å². The van der Waals surface area contributed by atoms with Crippen molar-refractivity contribution in [2.75, 3.05) is 25.5 Å². The number of hydrogen-bond acceptors (Lipinski definition) is 5. The van der Waals surface area contributed by atoms with Crippen LogP contribution in [0.4, 0.5) is 5.69 Å². The number of anilines is 1. The van der Waals surface area contributed by atoms with Gasteiger partial charge in [-0.15, -0.1) is 0 Å². The molecule has 2 rings (SSSR count). The predicted molar refractivity (Wildman–Crippen MR) is 115 cm³/mol. The second-order valence-electron chi connectivity index (χ2n) is 6.61. The van der Waals surface area contributed by atoms with Gasteiger partial charge in [-0.05, 0) is 49.4 Å². The molecule has 0 spiro atoms. The van der Waals surface area contributed by atoms with Gasteiger partial charge in [0.1, 0.15) is 12.4 Å². The SMILES string of the molecule is CC(=O)Nc1ccc(S(=O)(=O)N[C@@H](C)C(=O)N(C)CCOc2cccc(Cl)c2)cc1. The third-order valence-corrected chi connectivity index (χ3v) is 5.85. The van der Waals surface area contributed by atoms with E-state index in [4.69, 9.17) is 16.3 Å². The lowest BCUT2D eigenvalue weighted by Gasteiger charge is -2.22. The van der Waals surface area contributed by atoms with E-state index in [0.717, 1.165) is 0 Å². The minimum Gasteiger partial charge on any atom is -0.492 e. The van der Waals surface area contributed by atoms with E-state index >= 15 is 0 Å². The van der Waals surface area contributed by atoms with E-state index in [0.29, 0.717) is 16.5 Å². The molecule has 30 heavy (non-hydrogen) atoms. The largest absolute Gasteiger partial charge is 0.492 e. The number of ether oxygens (including phenoxy) is 1. The van der Waals surface area contributed by atoms with Crippen molar-refractivity contribution in [1.29, 1.82) is 0 Å². The maximum Gasteiger partial charge on any atom is 0.241 e. The number of likely N-dealkylation sites (N-methyl/N-ethyl adjacent to an activating group) is 1. The summed E-state index contributed by atoms with van der Waals surface area (Å²) in [7, 11) is -2.34. The van der Waals surface area contributed by atoms with Gasteiger partial charge in [0.25, 0.3) is 0 Å². The summed E-state index contributed by atoms with van der Waals surface area (Å²) in [5.41, 5.74) is 0.477. The number of nitrogens with one attached hydrogen (secondary N) is 2. The topological polar surface area (TPSA) is 105 Å². The van der Waals surface area contributed by atoms with E-state index in [9.17, 15) is 18.0 Å². The van der Waals surface area contributed by atoms with Crippen molar-refractivity contribution >= 4 is 39.1 Å². The molecule has 0 heterocycles. The number of sulfonamides is 1. The van der Waals surface area contributed by atoms with Crippen LogP contribution < -0.4 is 14.8 Å². The minimum absolute atomic E-state index is 0.0109. The highest BCUT2D eigenvalue weighted by Crippen LogP contribution is 2.17. The van der Waals surface area contributed by atoms with Gasteiger partial charge in [0.2, 0.25) is 21.8 Å². The Labute approximate surface area is 181 Å². The molecular formula is C20H24ClN3O5S. The Bertz CT molecular complexity index is 996. The van der Waals surface area contributed by atoms with Gasteiger partial charge in [0.05, 0.1) is 17.5 Å². The zero-order valence-corrected chi connectivity index (χ0v) is 18.5. The summed E-state index contributed by atoms with van der Waals surface area (Å²) in [5.74, 6) is -0.0757. The molecular weight excluding hydrogens is 430 g/mol. The van der Waals surface area contributed by atoms with Crippen molar-refractivity contribution in [2.24, 2.45) is 0 Å². The number of amides is 2. The zero-order valence-electron chi connectivity index (χ0n) is 16.9. The first-order chi connectivity index (χ1) is 14.1. The molecule has 2 aromatic rings. The van der Waals surface area contributed by atoms with Crippen LogP contribution >= 0.6 is 11.6 Å². The zero-order chi connectivity index (χ0) is 22.3. The van der Waals surface area contributed by atoms with Crippen LogP contribution in [-0.4, -0.2) is 51.4 Å². The summed E-state index contributed by atoms with van der Waals surface area (Å²) in [4.78, 5) is 24.9.